The van der Waals surface area contributed by atoms with Crippen LogP contribution in [0.15, 0.2) is 59.6 Å². The molecule has 37 heavy (non-hydrogen) atoms. The van der Waals surface area contributed by atoms with Crippen LogP contribution in [0.1, 0.15) is 64.4 Å². The van der Waals surface area contributed by atoms with Gasteiger partial charge >= 0.3 is 5.97 Å². The van der Waals surface area contributed by atoms with Gasteiger partial charge in [0.15, 0.2) is 5.78 Å². The molecule has 0 radical (unpaired) electrons. The van der Waals surface area contributed by atoms with Crippen LogP contribution in [0.2, 0.25) is 0 Å². The van der Waals surface area contributed by atoms with E-state index >= 15 is 0 Å². The molecule has 1 aliphatic heterocycles. The molecule has 2 fully saturated rings. The number of pyridine rings is 1. The Hall–Kier alpha value is -2.99. The maximum absolute atomic E-state index is 13.0. The largest absolute Gasteiger partial charge is 0.489 e. The lowest BCUT2D eigenvalue weighted by atomic mass is 9.60. The molecule has 1 N–H and O–H groups in total. The van der Waals surface area contributed by atoms with Crippen LogP contribution in [-0.2, 0) is 19.1 Å². The van der Waals surface area contributed by atoms with E-state index in [4.69, 9.17) is 9.47 Å². The van der Waals surface area contributed by atoms with E-state index in [1.807, 2.05) is 19.4 Å². The third kappa shape index (κ3) is 3.83. The molecule has 6 heteroatoms. The molecule has 4 aliphatic rings. The van der Waals surface area contributed by atoms with Crippen LogP contribution >= 0.6 is 0 Å². The van der Waals surface area contributed by atoms with Crippen molar-refractivity contribution in [2.24, 2.45) is 17.3 Å². The quantitative estimate of drug-likeness (QED) is 0.579. The fraction of sp³-hybridized carbons (Fsp3) is 0.516. The molecule has 2 heterocycles. The molecular weight excluding hydrogens is 464 g/mol. The zero-order valence-corrected chi connectivity index (χ0v) is 22.2. The number of hydrogen-bond acceptors (Lipinski definition) is 6. The maximum Gasteiger partial charge on any atom is 0.303 e. The summed E-state index contributed by atoms with van der Waals surface area (Å²) in [7, 11) is 1.93. The Balaban J connectivity index is 1.43. The Morgan fingerprint density at radius 3 is 2.86 bits per heavy atom. The number of carbonyl (C=O) groups is 2. The first-order chi connectivity index (χ1) is 17.7. The third-order valence-electron chi connectivity index (χ3n) is 9.47. The number of carbonyl (C=O) groups excluding carboxylic acids is 2. The summed E-state index contributed by atoms with van der Waals surface area (Å²) in [6.07, 6.45) is 9.67. The van der Waals surface area contributed by atoms with Gasteiger partial charge in [0.1, 0.15) is 17.5 Å². The molecule has 1 aromatic heterocycles. The number of Topliss-reactive ketones (excluding diaryl/α,β-unsaturated/α-hetero) is 1. The normalized spacial score (nSPS) is 34.8. The Morgan fingerprint density at radius 1 is 1.24 bits per heavy atom. The molecule has 2 aromatic rings. The highest BCUT2D eigenvalue weighted by atomic mass is 16.6. The van der Waals surface area contributed by atoms with Gasteiger partial charge in [0.2, 0.25) is 0 Å². The smallest absolute Gasteiger partial charge is 0.303 e. The van der Waals surface area contributed by atoms with Gasteiger partial charge in [-0.15, -0.1) is 0 Å². The third-order valence-corrected chi connectivity index (χ3v) is 9.47. The van der Waals surface area contributed by atoms with Crippen molar-refractivity contribution in [2.45, 2.75) is 70.5 Å². The zero-order chi connectivity index (χ0) is 25.9. The topological polar surface area (TPSA) is 77.5 Å². The second-order valence-electron chi connectivity index (χ2n) is 11.9. The molecule has 6 rings (SSSR count). The lowest BCUT2D eigenvalue weighted by molar-refractivity contribution is -0.157. The van der Waals surface area contributed by atoms with E-state index in [1.54, 1.807) is 0 Å². The Labute approximate surface area is 218 Å². The Kier molecular flexibility index (Phi) is 5.79. The molecule has 0 amide bonds. The lowest BCUT2D eigenvalue weighted by Crippen LogP contribution is -2.44. The van der Waals surface area contributed by atoms with Gasteiger partial charge in [-0.1, -0.05) is 25.1 Å². The van der Waals surface area contributed by atoms with E-state index in [0.717, 1.165) is 47.9 Å². The average Bonchev–Trinajstić information content (AvgIpc) is 3.09. The van der Waals surface area contributed by atoms with Crippen LogP contribution < -0.4 is 5.32 Å². The van der Waals surface area contributed by atoms with Crippen LogP contribution in [0.3, 0.4) is 0 Å². The summed E-state index contributed by atoms with van der Waals surface area (Å²) in [6.45, 7) is 6.77. The number of nitrogens with zero attached hydrogens (tertiary/aromatic N) is 1. The highest BCUT2D eigenvalue weighted by molar-refractivity contribution is 6.00. The number of nitrogens with one attached hydrogen (secondary N) is 1. The fourth-order valence-corrected chi connectivity index (χ4v) is 8.14. The summed E-state index contributed by atoms with van der Waals surface area (Å²) in [5.74, 6) is 1.21. The molecule has 1 aromatic carbocycles. The summed E-state index contributed by atoms with van der Waals surface area (Å²) in [5.41, 5.74) is 2.38. The van der Waals surface area contributed by atoms with Crippen molar-refractivity contribution in [3.8, 4) is 0 Å². The molecule has 2 saturated carbocycles. The summed E-state index contributed by atoms with van der Waals surface area (Å²) in [6, 6.07) is 8.44. The molecular formula is C31H36N2O4. The summed E-state index contributed by atoms with van der Waals surface area (Å²) in [4.78, 5) is 29.8. The lowest BCUT2D eigenvalue weighted by Gasteiger charge is -2.48. The highest BCUT2D eigenvalue weighted by Crippen LogP contribution is 2.66. The molecule has 6 atom stereocenters. The van der Waals surface area contributed by atoms with E-state index < -0.39 is 5.60 Å². The van der Waals surface area contributed by atoms with E-state index in [-0.39, 0.29) is 41.0 Å². The Morgan fingerprint density at radius 2 is 2.08 bits per heavy atom. The van der Waals surface area contributed by atoms with Gasteiger partial charge in [-0.2, -0.15) is 0 Å². The minimum atomic E-state index is -0.673. The molecule has 194 valence electrons. The number of fused-ring (bicyclic) bond motifs is 4. The van der Waals surface area contributed by atoms with E-state index in [1.165, 1.54) is 18.1 Å². The SMILES string of the molecule is CNCC1CC(=O)C2=C(C1)O[C@@H]1C(=C2)CC[C@@]2(C)[C@H]1CC(C)(OC(C)=O)[C@@H]2c1cccc2cnccc12. The van der Waals surface area contributed by atoms with Crippen molar-refractivity contribution in [3.05, 3.63) is 65.2 Å². The number of esters is 1. The molecule has 0 spiro atoms. The van der Waals surface area contributed by atoms with Gasteiger partial charge in [-0.3, -0.25) is 14.6 Å². The summed E-state index contributed by atoms with van der Waals surface area (Å²) in [5, 5.41) is 5.47. The standard InChI is InChI=1S/C31H36N2O4/c1-18(34)37-31(3)15-25-28-20(14-24-26(35)12-19(16-32-4)13-27(24)36-28)8-10-30(25,2)29(31)23-7-5-6-21-17-33-11-9-22(21)23/h5-7,9,11,14,17,19,25,28-29,32H,8,10,12-13,15-16H2,1-4H3/t19?,25-,28+,29+,30-,31?/m0/s1. The average molecular weight is 501 g/mol. The predicted octanol–water partition coefficient (Wildman–Crippen LogP) is 5.24. The van der Waals surface area contributed by atoms with E-state index in [2.05, 4.69) is 54.5 Å². The van der Waals surface area contributed by atoms with E-state index in [0.29, 0.717) is 12.8 Å². The van der Waals surface area contributed by atoms with Crippen LogP contribution in [0.25, 0.3) is 10.8 Å². The number of hydrogen-bond donors (Lipinski definition) is 1. The van der Waals surface area contributed by atoms with Crippen molar-refractivity contribution in [1.82, 2.24) is 10.3 Å². The molecule has 6 nitrogen and oxygen atoms in total. The minimum absolute atomic E-state index is 0.00514. The van der Waals surface area contributed by atoms with Crippen molar-refractivity contribution in [1.29, 1.82) is 0 Å². The number of rotatable bonds is 4. The number of ketones is 1. The van der Waals surface area contributed by atoms with Crippen molar-refractivity contribution >= 4 is 22.5 Å². The fourth-order valence-electron chi connectivity index (χ4n) is 8.14. The van der Waals surface area contributed by atoms with Gasteiger partial charge in [0.25, 0.3) is 0 Å². The summed E-state index contributed by atoms with van der Waals surface area (Å²) < 4.78 is 13.0. The highest BCUT2D eigenvalue weighted by Gasteiger charge is 2.64. The van der Waals surface area contributed by atoms with Crippen LogP contribution in [0.4, 0.5) is 0 Å². The predicted molar refractivity (Wildman–Crippen MR) is 142 cm³/mol. The number of benzene rings is 1. The first-order valence-corrected chi connectivity index (χ1v) is 13.5. The van der Waals surface area contributed by atoms with E-state index in [9.17, 15) is 9.59 Å². The van der Waals surface area contributed by atoms with Crippen molar-refractivity contribution in [3.63, 3.8) is 0 Å². The molecule has 0 bridgehead atoms. The van der Waals surface area contributed by atoms with Gasteiger partial charge in [0.05, 0.1) is 5.57 Å². The van der Waals surface area contributed by atoms with Gasteiger partial charge in [-0.05, 0) is 79.8 Å². The van der Waals surface area contributed by atoms with Crippen molar-refractivity contribution < 1.29 is 19.1 Å². The van der Waals surface area contributed by atoms with Crippen LogP contribution in [0.5, 0.6) is 0 Å². The van der Waals surface area contributed by atoms with Gasteiger partial charge < -0.3 is 14.8 Å². The van der Waals surface area contributed by atoms with Crippen LogP contribution in [0, 0.1) is 17.3 Å². The minimum Gasteiger partial charge on any atom is -0.489 e. The second-order valence-corrected chi connectivity index (χ2v) is 11.9. The number of allylic oxidation sites excluding steroid dienone is 3. The van der Waals surface area contributed by atoms with Gasteiger partial charge in [0, 0.05) is 49.4 Å². The van der Waals surface area contributed by atoms with Crippen molar-refractivity contribution in [2.75, 3.05) is 13.6 Å². The zero-order valence-electron chi connectivity index (χ0n) is 22.2. The monoisotopic (exact) mass is 500 g/mol. The second kappa shape index (κ2) is 8.80. The van der Waals surface area contributed by atoms with Crippen LogP contribution in [-0.4, -0.2) is 42.0 Å². The molecule has 0 saturated heterocycles. The maximum atomic E-state index is 13.0. The molecule has 3 aliphatic carbocycles. The number of ether oxygens (including phenoxy) is 2. The first kappa shape index (κ1) is 24.4. The molecule has 2 unspecified atom stereocenters. The van der Waals surface area contributed by atoms with Gasteiger partial charge in [-0.25, -0.2) is 0 Å². The first-order valence-electron chi connectivity index (χ1n) is 13.5. The Bertz CT molecular complexity index is 1340. The number of aromatic nitrogens is 1. The summed E-state index contributed by atoms with van der Waals surface area (Å²) >= 11 is 0.